The Hall–Kier alpha value is -1.24. The van der Waals surface area contributed by atoms with Crippen LogP contribution in [0.5, 0.6) is 0 Å². The fourth-order valence-corrected chi connectivity index (χ4v) is 0.900. The Bertz CT molecular complexity index is 249. The van der Waals surface area contributed by atoms with Crippen molar-refractivity contribution in [3.05, 3.63) is 42.0 Å². The molecular formula is C11H15N. The zero-order chi connectivity index (χ0) is 8.81. The highest BCUT2D eigenvalue weighted by atomic mass is 14.9. The predicted octanol–water partition coefficient (Wildman–Crippen LogP) is 3.06. The lowest BCUT2D eigenvalue weighted by Gasteiger charge is -2.05. The molecule has 0 aliphatic carbocycles. The zero-order valence-corrected chi connectivity index (χ0v) is 7.67. The maximum Gasteiger partial charge on any atom is 0.0357 e. The minimum Gasteiger partial charge on any atom is -0.381 e. The quantitative estimate of drug-likeness (QED) is 0.672. The second-order valence-corrected chi connectivity index (χ2v) is 2.85. The third-order valence-electron chi connectivity index (χ3n) is 1.84. The largest absolute Gasteiger partial charge is 0.381 e. The van der Waals surface area contributed by atoms with Gasteiger partial charge in [0.1, 0.15) is 0 Å². The predicted molar refractivity (Wildman–Crippen MR) is 54.4 cm³/mol. The third kappa shape index (κ3) is 2.79. The van der Waals surface area contributed by atoms with Crippen LogP contribution in [-0.4, -0.2) is 6.54 Å². The van der Waals surface area contributed by atoms with Crippen LogP contribution in [0.1, 0.15) is 13.8 Å². The molecule has 1 rings (SSSR count). The lowest BCUT2D eigenvalue weighted by Crippen LogP contribution is -2.01. The topological polar surface area (TPSA) is 12.0 Å². The summed E-state index contributed by atoms with van der Waals surface area (Å²) in [6.07, 6.45) is 2.12. The number of anilines is 1. The monoisotopic (exact) mass is 161 g/mol. The molecular weight excluding hydrogens is 146 g/mol. The number of para-hydroxylation sites is 1. The summed E-state index contributed by atoms with van der Waals surface area (Å²) in [4.78, 5) is 0. The minimum absolute atomic E-state index is 0.931. The van der Waals surface area contributed by atoms with Crippen LogP contribution in [0.3, 0.4) is 0 Å². The van der Waals surface area contributed by atoms with Gasteiger partial charge >= 0.3 is 0 Å². The van der Waals surface area contributed by atoms with Gasteiger partial charge in [-0.1, -0.05) is 29.8 Å². The second kappa shape index (κ2) is 4.60. The van der Waals surface area contributed by atoms with E-state index >= 15 is 0 Å². The second-order valence-electron chi connectivity index (χ2n) is 2.85. The van der Waals surface area contributed by atoms with Crippen molar-refractivity contribution in [2.24, 2.45) is 0 Å². The summed E-state index contributed by atoms with van der Waals surface area (Å²) in [5.41, 5.74) is 2.54. The van der Waals surface area contributed by atoms with Crippen LogP contribution in [0.2, 0.25) is 0 Å². The number of hydrogen-bond donors (Lipinski definition) is 1. The first-order chi connectivity index (χ1) is 5.83. The number of allylic oxidation sites excluding steroid dienone is 1. The molecule has 0 saturated heterocycles. The van der Waals surface area contributed by atoms with Gasteiger partial charge in [-0.3, -0.25) is 0 Å². The Morgan fingerprint density at radius 1 is 1.33 bits per heavy atom. The highest BCUT2D eigenvalue weighted by molar-refractivity contribution is 5.43. The summed E-state index contributed by atoms with van der Waals surface area (Å²) in [5, 5.41) is 3.33. The molecule has 12 heavy (non-hydrogen) atoms. The average molecular weight is 161 g/mol. The van der Waals surface area contributed by atoms with Gasteiger partial charge in [0.05, 0.1) is 0 Å². The SMILES string of the molecule is C/C=C(/C)CNc1ccccc1. The molecule has 1 aromatic carbocycles. The highest BCUT2D eigenvalue weighted by Gasteiger charge is 1.88. The molecule has 0 aromatic heterocycles. The summed E-state index contributed by atoms with van der Waals surface area (Å²) in [5.74, 6) is 0. The molecule has 64 valence electrons. The fourth-order valence-electron chi connectivity index (χ4n) is 0.900. The van der Waals surface area contributed by atoms with Crippen LogP contribution in [-0.2, 0) is 0 Å². The van der Waals surface area contributed by atoms with Gasteiger partial charge in [-0.05, 0) is 26.0 Å². The van der Waals surface area contributed by atoms with Crippen molar-refractivity contribution in [2.45, 2.75) is 13.8 Å². The van der Waals surface area contributed by atoms with Gasteiger partial charge in [-0.2, -0.15) is 0 Å². The van der Waals surface area contributed by atoms with Gasteiger partial charge in [-0.15, -0.1) is 0 Å². The van der Waals surface area contributed by atoms with Gasteiger partial charge in [0.15, 0.2) is 0 Å². The van der Waals surface area contributed by atoms with E-state index < -0.39 is 0 Å². The normalized spacial score (nSPS) is 11.3. The Labute approximate surface area is 74.1 Å². The van der Waals surface area contributed by atoms with Crippen LogP contribution in [0.15, 0.2) is 42.0 Å². The summed E-state index contributed by atoms with van der Waals surface area (Å²) in [6, 6.07) is 10.2. The Balaban J connectivity index is 2.44. The molecule has 0 spiro atoms. The molecule has 0 bridgehead atoms. The maximum absolute atomic E-state index is 3.33. The van der Waals surface area contributed by atoms with Gasteiger partial charge in [0.2, 0.25) is 0 Å². The molecule has 0 aliphatic heterocycles. The molecule has 0 fully saturated rings. The summed E-state index contributed by atoms with van der Waals surface area (Å²) in [6.45, 7) is 5.11. The first-order valence-electron chi connectivity index (χ1n) is 4.23. The van der Waals surface area contributed by atoms with E-state index in [1.165, 1.54) is 11.3 Å². The summed E-state index contributed by atoms with van der Waals surface area (Å²) >= 11 is 0. The van der Waals surface area contributed by atoms with E-state index in [9.17, 15) is 0 Å². The van der Waals surface area contributed by atoms with E-state index in [0.29, 0.717) is 0 Å². The fraction of sp³-hybridized carbons (Fsp3) is 0.273. The van der Waals surface area contributed by atoms with Gasteiger partial charge in [0.25, 0.3) is 0 Å². The third-order valence-corrected chi connectivity index (χ3v) is 1.84. The number of rotatable bonds is 3. The van der Waals surface area contributed by atoms with Crippen LogP contribution in [0.4, 0.5) is 5.69 Å². The van der Waals surface area contributed by atoms with Gasteiger partial charge in [-0.25, -0.2) is 0 Å². The molecule has 0 heterocycles. The number of nitrogens with one attached hydrogen (secondary N) is 1. The van der Waals surface area contributed by atoms with E-state index in [-0.39, 0.29) is 0 Å². The maximum atomic E-state index is 3.33. The average Bonchev–Trinajstić information content (AvgIpc) is 2.16. The van der Waals surface area contributed by atoms with Crippen LogP contribution >= 0.6 is 0 Å². The van der Waals surface area contributed by atoms with Crippen LogP contribution < -0.4 is 5.32 Å². The molecule has 1 N–H and O–H groups in total. The Morgan fingerprint density at radius 2 is 2.00 bits per heavy atom. The highest BCUT2D eigenvalue weighted by Crippen LogP contribution is 2.05. The van der Waals surface area contributed by atoms with Crippen molar-refractivity contribution in [3.8, 4) is 0 Å². The number of benzene rings is 1. The zero-order valence-electron chi connectivity index (χ0n) is 7.67. The van der Waals surface area contributed by atoms with Crippen molar-refractivity contribution in [1.82, 2.24) is 0 Å². The van der Waals surface area contributed by atoms with E-state index in [0.717, 1.165) is 6.54 Å². The molecule has 1 aromatic rings. The summed E-state index contributed by atoms with van der Waals surface area (Å²) < 4.78 is 0. The van der Waals surface area contributed by atoms with Crippen molar-refractivity contribution in [1.29, 1.82) is 0 Å². The summed E-state index contributed by atoms with van der Waals surface area (Å²) in [7, 11) is 0. The van der Waals surface area contributed by atoms with Crippen molar-refractivity contribution in [3.63, 3.8) is 0 Å². The van der Waals surface area contributed by atoms with Gasteiger partial charge in [0, 0.05) is 12.2 Å². The minimum atomic E-state index is 0.931. The molecule has 1 nitrogen and oxygen atoms in total. The smallest absolute Gasteiger partial charge is 0.0357 e. The molecule has 0 unspecified atom stereocenters. The first kappa shape index (κ1) is 8.85. The Kier molecular flexibility index (Phi) is 3.39. The van der Waals surface area contributed by atoms with E-state index in [1.807, 2.05) is 18.2 Å². The molecule has 0 saturated carbocycles. The lowest BCUT2D eigenvalue weighted by molar-refractivity contribution is 1.19. The van der Waals surface area contributed by atoms with Crippen molar-refractivity contribution >= 4 is 5.69 Å². The lowest BCUT2D eigenvalue weighted by atomic mass is 10.2. The van der Waals surface area contributed by atoms with E-state index in [1.54, 1.807) is 0 Å². The van der Waals surface area contributed by atoms with Gasteiger partial charge < -0.3 is 5.32 Å². The first-order valence-corrected chi connectivity index (χ1v) is 4.23. The molecule has 0 amide bonds. The van der Waals surface area contributed by atoms with E-state index in [2.05, 4.69) is 37.4 Å². The van der Waals surface area contributed by atoms with Crippen molar-refractivity contribution < 1.29 is 0 Å². The Morgan fingerprint density at radius 3 is 2.58 bits per heavy atom. The number of hydrogen-bond acceptors (Lipinski definition) is 1. The van der Waals surface area contributed by atoms with Crippen LogP contribution in [0, 0.1) is 0 Å². The molecule has 1 heteroatoms. The van der Waals surface area contributed by atoms with Crippen LogP contribution in [0.25, 0.3) is 0 Å². The molecule has 0 aliphatic rings. The molecule has 0 radical (unpaired) electrons. The molecule has 0 atom stereocenters. The van der Waals surface area contributed by atoms with Crippen molar-refractivity contribution in [2.75, 3.05) is 11.9 Å². The van der Waals surface area contributed by atoms with E-state index in [4.69, 9.17) is 0 Å². The standard InChI is InChI=1S/C11H15N/c1-3-10(2)9-12-11-7-5-4-6-8-11/h3-8,12H,9H2,1-2H3/b10-3-.